The van der Waals surface area contributed by atoms with E-state index in [0.717, 1.165) is 6.54 Å². The van der Waals surface area contributed by atoms with Crippen molar-refractivity contribution in [2.75, 3.05) is 24.2 Å². The molecule has 0 saturated heterocycles. The van der Waals surface area contributed by atoms with Gasteiger partial charge >= 0.3 is 0 Å². The Morgan fingerprint density at radius 2 is 2.11 bits per heavy atom. The van der Waals surface area contributed by atoms with Crippen molar-refractivity contribution in [3.63, 3.8) is 0 Å². The lowest BCUT2D eigenvalue weighted by Crippen LogP contribution is -2.17. The lowest BCUT2D eigenvalue weighted by molar-refractivity contribution is 0.800. The number of hydrogen-bond acceptors (Lipinski definition) is 6. The van der Waals surface area contributed by atoms with Gasteiger partial charge in [0, 0.05) is 26.0 Å². The molecule has 0 bridgehead atoms. The van der Waals surface area contributed by atoms with E-state index in [-0.39, 0.29) is 5.82 Å². The third-order valence-corrected chi connectivity index (χ3v) is 2.59. The second-order valence-electron chi connectivity index (χ2n) is 3.67. The highest BCUT2D eigenvalue weighted by Gasteiger charge is 2.19. The van der Waals surface area contributed by atoms with Crippen LogP contribution in [-0.2, 0) is 0 Å². The average Bonchev–Trinajstić information content (AvgIpc) is 2.75. The van der Waals surface area contributed by atoms with Crippen LogP contribution in [0.15, 0.2) is 18.5 Å². The fourth-order valence-electron chi connectivity index (χ4n) is 1.50. The second-order valence-corrected chi connectivity index (χ2v) is 3.67. The van der Waals surface area contributed by atoms with Crippen LogP contribution in [0.4, 0.5) is 11.6 Å². The SMILES string of the molecule is CCN(C)c1nn(-c2ncccn2)c(N)c1C#N. The molecule has 0 aromatic carbocycles. The number of aromatic nitrogens is 4. The third kappa shape index (κ3) is 1.84. The van der Waals surface area contributed by atoms with E-state index in [2.05, 4.69) is 21.1 Å². The zero-order valence-electron chi connectivity index (χ0n) is 10.2. The predicted molar refractivity (Wildman–Crippen MR) is 67.2 cm³/mol. The molecule has 0 amide bonds. The Bertz CT molecular complexity index is 581. The number of nitrogens with zero attached hydrogens (tertiary/aromatic N) is 6. The van der Waals surface area contributed by atoms with Crippen LogP contribution in [0, 0.1) is 11.3 Å². The Hall–Kier alpha value is -2.62. The molecule has 2 heterocycles. The highest BCUT2D eigenvalue weighted by molar-refractivity contribution is 5.66. The summed E-state index contributed by atoms with van der Waals surface area (Å²) < 4.78 is 1.38. The molecule has 18 heavy (non-hydrogen) atoms. The molecule has 0 aliphatic rings. The van der Waals surface area contributed by atoms with Gasteiger partial charge in [0.05, 0.1) is 0 Å². The van der Waals surface area contributed by atoms with Gasteiger partial charge in [0.2, 0.25) is 0 Å². The molecule has 7 heteroatoms. The van der Waals surface area contributed by atoms with Crippen molar-refractivity contribution in [3.8, 4) is 12.0 Å². The fraction of sp³-hybridized carbons (Fsp3) is 0.273. The van der Waals surface area contributed by atoms with Crippen molar-refractivity contribution in [1.29, 1.82) is 5.26 Å². The van der Waals surface area contributed by atoms with Crippen LogP contribution < -0.4 is 10.6 Å². The fourth-order valence-corrected chi connectivity index (χ4v) is 1.50. The summed E-state index contributed by atoms with van der Waals surface area (Å²) in [6.45, 7) is 2.69. The summed E-state index contributed by atoms with van der Waals surface area (Å²) in [5.41, 5.74) is 6.25. The zero-order chi connectivity index (χ0) is 13.1. The summed E-state index contributed by atoms with van der Waals surface area (Å²) in [7, 11) is 1.85. The second kappa shape index (κ2) is 4.71. The van der Waals surface area contributed by atoms with E-state index in [1.807, 2.05) is 18.9 Å². The Balaban J connectivity index is 2.58. The number of hydrogen-bond donors (Lipinski definition) is 1. The smallest absolute Gasteiger partial charge is 0.252 e. The molecule has 0 atom stereocenters. The first-order valence-electron chi connectivity index (χ1n) is 5.46. The van der Waals surface area contributed by atoms with Crippen LogP contribution in [0.3, 0.4) is 0 Å². The predicted octanol–water partition coefficient (Wildman–Crippen LogP) is 0.572. The molecule has 2 aromatic rings. The summed E-state index contributed by atoms with van der Waals surface area (Å²) in [6.07, 6.45) is 3.19. The minimum absolute atomic E-state index is 0.249. The number of rotatable bonds is 3. The summed E-state index contributed by atoms with van der Waals surface area (Å²) in [4.78, 5) is 9.97. The minimum Gasteiger partial charge on any atom is -0.382 e. The van der Waals surface area contributed by atoms with Crippen molar-refractivity contribution in [2.45, 2.75) is 6.92 Å². The maximum Gasteiger partial charge on any atom is 0.252 e. The molecule has 0 unspecified atom stereocenters. The van der Waals surface area contributed by atoms with E-state index in [1.54, 1.807) is 18.5 Å². The van der Waals surface area contributed by atoms with E-state index in [1.165, 1.54) is 4.68 Å². The number of nitrogens with two attached hydrogens (primary N) is 1. The van der Waals surface area contributed by atoms with Crippen molar-refractivity contribution >= 4 is 11.6 Å². The van der Waals surface area contributed by atoms with Crippen LogP contribution in [0.2, 0.25) is 0 Å². The van der Waals surface area contributed by atoms with Gasteiger partial charge in [-0.2, -0.15) is 9.94 Å². The van der Waals surface area contributed by atoms with Gasteiger partial charge in [-0.25, -0.2) is 9.97 Å². The highest BCUT2D eigenvalue weighted by Crippen LogP contribution is 2.24. The quantitative estimate of drug-likeness (QED) is 0.846. The molecular weight excluding hydrogens is 230 g/mol. The van der Waals surface area contributed by atoms with Gasteiger partial charge in [0.25, 0.3) is 5.95 Å². The molecule has 0 saturated carbocycles. The Morgan fingerprint density at radius 1 is 1.44 bits per heavy atom. The Morgan fingerprint density at radius 3 is 2.67 bits per heavy atom. The first-order chi connectivity index (χ1) is 8.69. The number of anilines is 2. The summed E-state index contributed by atoms with van der Waals surface area (Å²) in [5, 5.41) is 13.4. The lowest BCUT2D eigenvalue weighted by atomic mass is 10.3. The molecule has 0 fully saturated rings. The first kappa shape index (κ1) is 11.9. The molecule has 0 aliphatic heterocycles. The van der Waals surface area contributed by atoms with Crippen molar-refractivity contribution in [2.24, 2.45) is 0 Å². The topological polar surface area (TPSA) is 96.7 Å². The molecule has 0 radical (unpaired) electrons. The van der Waals surface area contributed by atoms with E-state index >= 15 is 0 Å². The van der Waals surface area contributed by atoms with Crippen LogP contribution >= 0.6 is 0 Å². The van der Waals surface area contributed by atoms with Gasteiger partial charge in [-0.05, 0) is 13.0 Å². The van der Waals surface area contributed by atoms with Gasteiger partial charge < -0.3 is 10.6 Å². The van der Waals surface area contributed by atoms with Crippen LogP contribution in [0.5, 0.6) is 0 Å². The summed E-state index contributed by atoms with van der Waals surface area (Å²) >= 11 is 0. The first-order valence-corrected chi connectivity index (χ1v) is 5.46. The monoisotopic (exact) mass is 243 g/mol. The minimum atomic E-state index is 0.249. The van der Waals surface area contributed by atoms with Crippen molar-refractivity contribution < 1.29 is 0 Å². The Labute approximate surface area is 104 Å². The molecule has 92 valence electrons. The summed E-state index contributed by atoms with van der Waals surface area (Å²) in [5.74, 6) is 1.13. The Kier molecular flexibility index (Phi) is 3.10. The van der Waals surface area contributed by atoms with Crippen LogP contribution in [0.25, 0.3) is 5.95 Å². The van der Waals surface area contributed by atoms with Crippen molar-refractivity contribution in [3.05, 3.63) is 24.0 Å². The molecular formula is C11H13N7. The van der Waals surface area contributed by atoms with E-state index in [4.69, 9.17) is 11.0 Å². The zero-order valence-corrected chi connectivity index (χ0v) is 10.2. The van der Waals surface area contributed by atoms with Gasteiger partial charge in [-0.1, -0.05) is 0 Å². The van der Waals surface area contributed by atoms with Gasteiger partial charge in [0.15, 0.2) is 11.6 Å². The standard InChI is InChI=1S/C11H13N7/c1-3-17(2)10-8(7-12)9(13)18(16-10)11-14-5-4-6-15-11/h4-6H,3,13H2,1-2H3. The molecule has 2 N–H and O–H groups in total. The number of nitriles is 1. The maximum absolute atomic E-state index is 9.15. The highest BCUT2D eigenvalue weighted by atomic mass is 15.4. The lowest BCUT2D eigenvalue weighted by Gasteiger charge is -2.12. The number of nitrogen functional groups attached to an aromatic ring is 1. The molecule has 0 aliphatic carbocycles. The van der Waals surface area contributed by atoms with Crippen LogP contribution in [0.1, 0.15) is 12.5 Å². The van der Waals surface area contributed by atoms with Crippen molar-refractivity contribution in [1.82, 2.24) is 19.7 Å². The van der Waals surface area contributed by atoms with Gasteiger partial charge in [0.1, 0.15) is 11.6 Å². The third-order valence-electron chi connectivity index (χ3n) is 2.59. The molecule has 2 aromatic heterocycles. The van der Waals surface area contributed by atoms with E-state index in [0.29, 0.717) is 17.3 Å². The molecule has 0 spiro atoms. The maximum atomic E-state index is 9.15. The normalized spacial score (nSPS) is 10.1. The van der Waals surface area contributed by atoms with Gasteiger partial charge in [-0.15, -0.1) is 5.10 Å². The largest absolute Gasteiger partial charge is 0.382 e. The average molecular weight is 243 g/mol. The molecule has 7 nitrogen and oxygen atoms in total. The molecule has 2 rings (SSSR count). The van der Waals surface area contributed by atoms with Gasteiger partial charge in [-0.3, -0.25) is 0 Å². The van der Waals surface area contributed by atoms with E-state index < -0.39 is 0 Å². The van der Waals surface area contributed by atoms with E-state index in [9.17, 15) is 0 Å². The summed E-state index contributed by atoms with van der Waals surface area (Å²) in [6, 6.07) is 3.77. The van der Waals surface area contributed by atoms with Crippen LogP contribution in [-0.4, -0.2) is 33.3 Å².